The number of benzene rings is 2. The lowest BCUT2D eigenvalue weighted by Crippen LogP contribution is -2.26. The maximum absolute atomic E-state index is 13.2. The van der Waals surface area contributed by atoms with Crippen molar-refractivity contribution in [1.29, 1.82) is 0 Å². The molecule has 0 unspecified atom stereocenters. The Morgan fingerprint density at radius 1 is 0.955 bits per heavy atom. The van der Waals surface area contributed by atoms with Gasteiger partial charge in [0.25, 0.3) is 5.91 Å². The summed E-state index contributed by atoms with van der Waals surface area (Å²) in [6.07, 6.45) is 0. The van der Waals surface area contributed by atoms with E-state index in [0.717, 1.165) is 29.4 Å². The Balaban J connectivity index is 2.10. The van der Waals surface area contributed by atoms with Gasteiger partial charge in [0.2, 0.25) is 0 Å². The largest absolute Gasteiger partial charge is 0.378 e. The molecule has 0 radical (unpaired) electrons. The minimum atomic E-state index is -0.757. The molecule has 0 bridgehead atoms. The number of anilines is 1. The fourth-order valence-corrected chi connectivity index (χ4v) is 2.14. The van der Waals surface area contributed by atoms with Gasteiger partial charge in [0.05, 0.1) is 0 Å². The summed E-state index contributed by atoms with van der Waals surface area (Å²) in [4.78, 5) is 15.6. The Morgan fingerprint density at radius 2 is 1.50 bits per heavy atom. The number of rotatable bonds is 4. The summed E-state index contributed by atoms with van der Waals surface area (Å²) in [6, 6.07) is 10.6. The number of halogens is 2. The second kappa shape index (κ2) is 6.56. The Labute approximate surface area is 128 Å². The van der Waals surface area contributed by atoms with Crippen LogP contribution < -0.4 is 4.90 Å². The highest BCUT2D eigenvalue weighted by molar-refractivity contribution is 5.94. The minimum Gasteiger partial charge on any atom is -0.378 e. The van der Waals surface area contributed by atoms with Gasteiger partial charge < -0.3 is 9.80 Å². The zero-order chi connectivity index (χ0) is 16.3. The van der Waals surface area contributed by atoms with E-state index < -0.39 is 17.5 Å². The summed E-state index contributed by atoms with van der Waals surface area (Å²) >= 11 is 0. The summed E-state index contributed by atoms with van der Waals surface area (Å²) in [6.45, 7) is 0.366. The van der Waals surface area contributed by atoms with E-state index in [1.165, 1.54) is 4.90 Å². The van der Waals surface area contributed by atoms with Gasteiger partial charge in [-0.15, -0.1) is 0 Å². The van der Waals surface area contributed by atoms with Crippen molar-refractivity contribution < 1.29 is 13.6 Å². The molecule has 2 rings (SSSR count). The van der Waals surface area contributed by atoms with Crippen LogP contribution in [0.5, 0.6) is 0 Å². The Hall–Kier alpha value is -2.43. The molecule has 0 heterocycles. The van der Waals surface area contributed by atoms with Crippen LogP contribution in [-0.2, 0) is 6.54 Å². The second-order valence-electron chi connectivity index (χ2n) is 5.38. The number of amides is 1. The molecule has 3 nitrogen and oxygen atoms in total. The van der Waals surface area contributed by atoms with Gasteiger partial charge in [0.15, 0.2) is 0 Å². The molecular weight excluding hydrogens is 286 g/mol. The molecule has 0 saturated carbocycles. The quantitative estimate of drug-likeness (QED) is 0.865. The third-order valence-corrected chi connectivity index (χ3v) is 3.33. The van der Waals surface area contributed by atoms with Crippen LogP contribution in [-0.4, -0.2) is 32.0 Å². The Kier molecular flexibility index (Phi) is 4.75. The van der Waals surface area contributed by atoms with Crippen LogP contribution in [0.4, 0.5) is 14.5 Å². The van der Waals surface area contributed by atoms with Crippen molar-refractivity contribution in [2.45, 2.75) is 6.54 Å². The van der Waals surface area contributed by atoms with Crippen LogP contribution in [0.15, 0.2) is 42.5 Å². The van der Waals surface area contributed by atoms with Gasteiger partial charge in [-0.2, -0.15) is 0 Å². The van der Waals surface area contributed by atoms with E-state index in [9.17, 15) is 13.6 Å². The van der Waals surface area contributed by atoms with Crippen LogP contribution in [0, 0.1) is 11.6 Å². The molecule has 0 N–H and O–H groups in total. The van der Waals surface area contributed by atoms with Gasteiger partial charge in [-0.25, -0.2) is 8.78 Å². The lowest BCUT2D eigenvalue weighted by atomic mass is 10.1. The fourth-order valence-electron chi connectivity index (χ4n) is 2.14. The van der Waals surface area contributed by atoms with Crippen LogP contribution in [0.25, 0.3) is 0 Å². The van der Waals surface area contributed by atoms with Crippen LogP contribution in [0.2, 0.25) is 0 Å². The van der Waals surface area contributed by atoms with E-state index in [1.54, 1.807) is 7.05 Å². The molecule has 22 heavy (non-hydrogen) atoms. The first-order chi connectivity index (χ1) is 10.4. The topological polar surface area (TPSA) is 23.6 Å². The standard InChI is InChI=1S/C17H18F2N2O/c1-20(2)16-6-4-12(5-7-16)11-21(3)17(22)13-8-14(18)10-15(19)9-13/h4-10H,11H2,1-3H3. The molecule has 0 aromatic heterocycles. The van der Waals surface area contributed by atoms with Crippen molar-refractivity contribution in [1.82, 2.24) is 4.90 Å². The molecule has 116 valence electrons. The number of nitrogens with zero attached hydrogens (tertiary/aromatic N) is 2. The Morgan fingerprint density at radius 3 is 2.00 bits per heavy atom. The van der Waals surface area contributed by atoms with E-state index in [1.807, 2.05) is 43.3 Å². The summed E-state index contributed by atoms with van der Waals surface area (Å²) in [5.41, 5.74) is 2.01. The second-order valence-corrected chi connectivity index (χ2v) is 5.38. The molecule has 0 fully saturated rings. The van der Waals surface area contributed by atoms with Crippen molar-refractivity contribution in [3.05, 3.63) is 65.2 Å². The molecule has 5 heteroatoms. The lowest BCUT2D eigenvalue weighted by molar-refractivity contribution is 0.0784. The SMILES string of the molecule is CN(Cc1ccc(N(C)C)cc1)C(=O)c1cc(F)cc(F)c1. The molecule has 0 aliphatic rings. The van der Waals surface area contributed by atoms with Gasteiger partial charge in [-0.05, 0) is 29.8 Å². The highest BCUT2D eigenvalue weighted by Gasteiger charge is 2.14. The zero-order valence-electron chi connectivity index (χ0n) is 12.8. The fraction of sp³-hybridized carbons (Fsp3) is 0.235. The molecule has 0 atom stereocenters. The van der Waals surface area contributed by atoms with E-state index >= 15 is 0 Å². The Bertz CT molecular complexity index is 649. The van der Waals surface area contributed by atoms with Crippen molar-refractivity contribution in [3.63, 3.8) is 0 Å². The lowest BCUT2D eigenvalue weighted by Gasteiger charge is -2.18. The predicted molar refractivity (Wildman–Crippen MR) is 82.9 cm³/mol. The molecular formula is C17H18F2N2O. The smallest absolute Gasteiger partial charge is 0.254 e. The minimum absolute atomic E-state index is 0.00455. The first kappa shape index (κ1) is 15.9. The van der Waals surface area contributed by atoms with Gasteiger partial charge in [-0.3, -0.25) is 4.79 Å². The predicted octanol–water partition coefficient (Wildman–Crippen LogP) is 3.30. The van der Waals surface area contributed by atoms with Crippen molar-refractivity contribution in [2.75, 3.05) is 26.0 Å². The molecule has 2 aromatic rings. The summed E-state index contributed by atoms with van der Waals surface area (Å²) < 4.78 is 26.4. The summed E-state index contributed by atoms with van der Waals surface area (Å²) in [5, 5.41) is 0. The third-order valence-electron chi connectivity index (χ3n) is 3.33. The summed E-state index contributed by atoms with van der Waals surface area (Å²) in [5.74, 6) is -1.94. The first-order valence-electron chi connectivity index (χ1n) is 6.84. The zero-order valence-corrected chi connectivity index (χ0v) is 12.8. The molecule has 1 amide bonds. The number of carbonyl (C=O) groups excluding carboxylic acids is 1. The average molecular weight is 304 g/mol. The molecule has 2 aromatic carbocycles. The first-order valence-corrected chi connectivity index (χ1v) is 6.84. The van der Waals surface area contributed by atoms with Gasteiger partial charge in [-0.1, -0.05) is 12.1 Å². The van der Waals surface area contributed by atoms with Gasteiger partial charge in [0, 0.05) is 45.0 Å². The van der Waals surface area contributed by atoms with E-state index in [0.29, 0.717) is 6.54 Å². The van der Waals surface area contributed by atoms with Crippen LogP contribution >= 0.6 is 0 Å². The van der Waals surface area contributed by atoms with Crippen molar-refractivity contribution in [2.24, 2.45) is 0 Å². The van der Waals surface area contributed by atoms with Crippen molar-refractivity contribution in [3.8, 4) is 0 Å². The van der Waals surface area contributed by atoms with E-state index in [2.05, 4.69) is 0 Å². The maximum atomic E-state index is 13.2. The highest BCUT2D eigenvalue weighted by Crippen LogP contribution is 2.15. The molecule has 0 saturated heterocycles. The summed E-state index contributed by atoms with van der Waals surface area (Å²) in [7, 11) is 5.50. The van der Waals surface area contributed by atoms with Crippen LogP contribution in [0.3, 0.4) is 0 Å². The monoisotopic (exact) mass is 304 g/mol. The number of hydrogen-bond acceptors (Lipinski definition) is 2. The van der Waals surface area contributed by atoms with Crippen molar-refractivity contribution >= 4 is 11.6 Å². The molecule has 0 aliphatic heterocycles. The molecule has 0 aliphatic carbocycles. The third kappa shape index (κ3) is 3.81. The van der Waals surface area contributed by atoms with Crippen LogP contribution in [0.1, 0.15) is 15.9 Å². The highest BCUT2D eigenvalue weighted by atomic mass is 19.1. The normalized spacial score (nSPS) is 10.4. The van der Waals surface area contributed by atoms with E-state index in [4.69, 9.17) is 0 Å². The van der Waals surface area contributed by atoms with Gasteiger partial charge >= 0.3 is 0 Å². The maximum Gasteiger partial charge on any atom is 0.254 e. The van der Waals surface area contributed by atoms with E-state index in [-0.39, 0.29) is 5.56 Å². The van der Waals surface area contributed by atoms with Gasteiger partial charge in [0.1, 0.15) is 11.6 Å². The average Bonchev–Trinajstić information content (AvgIpc) is 2.46. The number of hydrogen-bond donors (Lipinski definition) is 0. The number of carbonyl (C=O) groups is 1. The molecule has 0 spiro atoms.